The second-order valence-electron chi connectivity index (χ2n) is 21.0. The molecule has 4 nitrogen and oxygen atoms in total. The van der Waals surface area contributed by atoms with Gasteiger partial charge in [0.1, 0.15) is 5.58 Å². The fourth-order valence-electron chi connectivity index (χ4n) is 9.73. The summed E-state index contributed by atoms with van der Waals surface area (Å²) in [6, 6.07) is 59.2. The number of hydrogen-bond donors (Lipinski definition) is 0. The standard InChI is InChI=1S/C49H43N2O.C14H15FNSi.Ir/c1-29(2)37-26-34(31-15-9-8-10-16-31)27-38(30(3)4)46(37)51-43-20-14-13-19-42(43)50-48(51)36-23-24-41(49(5,6)7)45-40-25-33-22-21-32-17-11-12-18-35(32)39(33)28-44(40)52-47(36)45;1-17(2,3)13-8-9-16-14(10-13)11-4-6-12(15)7-5-11;/h8-22,24-30H,1-7H3;4,6-10H,1-3H3;/q2*-1;. The molecule has 11 rings (SSSR count). The fraction of sp³-hybridized carbons (Fsp3) is 0.206. The van der Waals surface area contributed by atoms with E-state index in [1.807, 2.05) is 6.20 Å². The molecule has 0 N–H and O–H groups in total. The molecule has 70 heavy (non-hydrogen) atoms. The van der Waals surface area contributed by atoms with Crippen LogP contribution in [0.3, 0.4) is 0 Å². The topological polar surface area (TPSA) is 43.9 Å². The van der Waals surface area contributed by atoms with Gasteiger partial charge in [-0.15, -0.1) is 47.5 Å². The van der Waals surface area contributed by atoms with E-state index < -0.39 is 8.07 Å². The maximum Gasteiger partial charge on any atom is 0.121 e. The summed E-state index contributed by atoms with van der Waals surface area (Å²) < 4.78 is 22.3. The SMILES string of the molecule is CC(C)c1cc(-c2ccccc2)cc(C(C)C)c1-n1c(-c2[c-]cc(C(C)(C)C)c3c2oc2cc4c(ccc5ccccc54)cc23)nc2ccccc21.C[Si](C)(C)c1ccnc(-c2[c-]cc(F)cc2)c1.[Ir]. The van der Waals surface area contributed by atoms with Gasteiger partial charge in [-0.25, -0.2) is 0 Å². The van der Waals surface area contributed by atoms with Gasteiger partial charge in [0.15, 0.2) is 0 Å². The molecule has 11 aromatic rings. The number of benzene rings is 8. The number of imidazole rings is 1. The van der Waals surface area contributed by atoms with Crippen LogP contribution in [0.1, 0.15) is 77.0 Å². The molecule has 7 heteroatoms. The van der Waals surface area contributed by atoms with Gasteiger partial charge in [0, 0.05) is 43.2 Å². The third-order valence-electron chi connectivity index (χ3n) is 13.4. The molecular formula is C63H58FIrN3OSi-2. The van der Waals surface area contributed by atoms with Crippen molar-refractivity contribution >= 4 is 67.8 Å². The largest absolute Gasteiger partial charge is 0.501 e. The maximum atomic E-state index is 12.8. The Hall–Kier alpha value is -6.50. The van der Waals surface area contributed by atoms with Crippen LogP contribution in [-0.2, 0) is 25.5 Å². The molecule has 0 spiro atoms. The molecule has 0 amide bonds. The van der Waals surface area contributed by atoms with Crippen molar-refractivity contribution in [2.75, 3.05) is 0 Å². The van der Waals surface area contributed by atoms with Crippen molar-refractivity contribution in [3.63, 3.8) is 0 Å². The van der Waals surface area contributed by atoms with Gasteiger partial charge in [0.25, 0.3) is 0 Å². The molecule has 0 saturated carbocycles. The number of halogens is 1. The number of furan rings is 1. The summed E-state index contributed by atoms with van der Waals surface area (Å²) in [5, 5.41) is 8.46. The van der Waals surface area contributed by atoms with E-state index in [0.717, 1.165) is 55.6 Å². The zero-order valence-electron chi connectivity index (χ0n) is 41.6. The first-order valence-corrected chi connectivity index (χ1v) is 27.6. The molecule has 3 heterocycles. The van der Waals surface area contributed by atoms with Crippen molar-refractivity contribution in [2.45, 2.75) is 85.4 Å². The van der Waals surface area contributed by atoms with Crippen LogP contribution in [0.25, 0.3) is 94.0 Å². The van der Waals surface area contributed by atoms with Crippen LogP contribution in [0.4, 0.5) is 4.39 Å². The molecule has 0 unspecified atom stereocenters. The van der Waals surface area contributed by atoms with Crippen LogP contribution < -0.4 is 5.19 Å². The Labute approximate surface area is 426 Å². The van der Waals surface area contributed by atoms with Crippen LogP contribution in [-0.4, -0.2) is 22.6 Å². The van der Waals surface area contributed by atoms with Crippen LogP contribution in [0.15, 0.2) is 162 Å². The van der Waals surface area contributed by atoms with Gasteiger partial charge in [-0.1, -0.05) is 169 Å². The first-order valence-electron chi connectivity index (χ1n) is 24.1. The third kappa shape index (κ3) is 9.07. The monoisotopic (exact) mass is 1110 g/mol. The second-order valence-corrected chi connectivity index (χ2v) is 26.1. The summed E-state index contributed by atoms with van der Waals surface area (Å²) in [4.78, 5) is 9.74. The van der Waals surface area contributed by atoms with E-state index in [0.29, 0.717) is 0 Å². The van der Waals surface area contributed by atoms with E-state index in [1.54, 1.807) is 6.07 Å². The van der Waals surface area contributed by atoms with Crippen molar-refractivity contribution < 1.29 is 28.9 Å². The van der Waals surface area contributed by atoms with E-state index in [9.17, 15) is 4.39 Å². The van der Waals surface area contributed by atoms with Crippen LogP contribution in [0.2, 0.25) is 19.6 Å². The van der Waals surface area contributed by atoms with Crippen molar-refractivity contribution in [1.82, 2.24) is 14.5 Å². The molecular weight excluding hydrogens is 1050 g/mol. The molecule has 0 fully saturated rings. The van der Waals surface area contributed by atoms with Crippen LogP contribution >= 0.6 is 0 Å². The van der Waals surface area contributed by atoms with Gasteiger partial charge in [-0.05, 0) is 109 Å². The second kappa shape index (κ2) is 19.0. The molecule has 8 aromatic carbocycles. The summed E-state index contributed by atoms with van der Waals surface area (Å²) in [6.07, 6.45) is 1.82. The molecule has 3 aromatic heterocycles. The van der Waals surface area contributed by atoms with E-state index in [4.69, 9.17) is 9.40 Å². The molecule has 1 radical (unpaired) electrons. The van der Waals surface area contributed by atoms with Crippen LogP contribution in [0, 0.1) is 17.9 Å². The van der Waals surface area contributed by atoms with Crippen molar-refractivity contribution in [3.8, 4) is 39.5 Å². The van der Waals surface area contributed by atoms with E-state index in [2.05, 4.69) is 223 Å². The summed E-state index contributed by atoms with van der Waals surface area (Å²) in [7, 11) is -1.34. The Bertz CT molecular complexity index is 3680. The van der Waals surface area contributed by atoms with Crippen molar-refractivity contribution in [1.29, 1.82) is 0 Å². The Morgan fingerprint density at radius 2 is 1.34 bits per heavy atom. The Morgan fingerprint density at radius 3 is 2.03 bits per heavy atom. The molecule has 0 saturated heterocycles. The number of pyridine rings is 1. The summed E-state index contributed by atoms with van der Waals surface area (Å²) >= 11 is 0. The summed E-state index contributed by atoms with van der Waals surface area (Å²) in [6.45, 7) is 22.9. The zero-order chi connectivity index (χ0) is 48.4. The smallest absolute Gasteiger partial charge is 0.121 e. The minimum absolute atomic E-state index is 0. The van der Waals surface area contributed by atoms with Gasteiger partial charge < -0.3 is 14.0 Å². The number of fused-ring (bicyclic) bond motifs is 7. The molecule has 353 valence electrons. The number of rotatable bonds is 7. The van der Waals surface area contributed by atoms with Crippen molar-refractivity contribution in [3.05, 3.63) is 192 Å². The third-order valence-corrected chi connectivity index (χ3v) is 15.5. The molecule has 0 atom stereocenters. The van der Waals surface area contributed by atoms with Gasteiger partial charge >= 0.3 is 0 Å². The molecule has 0 aliphatic heterocycles. The van der Waals surface area contributed by atoms with Gasteiger partial charge in [-0.3, -0.25) is 9.37 Å². The first kappa shape index (κ1) is 48.5. The molecule has 0 aliphatic rings. The average molecular weight is 1110 g/mol. The summed E-state index contributed by atoms with van der Waals surface area (Å²) in [5.41, 5.74) is 13.6. The number of para-hydroxylation sites is 2. The average Bonchev–Trinajstić information content (AvgIpc) is 3.91. The zero-order valence-corrected chi connectivity index (χ0v) is 45.0. The maximum absolute atomic E-state index is 12.8. The fourth-order valence-corrected chi connectivity index (χ4v) is 10.9. The first-order chi connectivity index (χ1) is 33.0. The Morgan fingerprint density at radius 1 is 0.657 bits per heavy atom. The Balaban J connectivity index is 0.000000286. The molecule has 0 bridgehead atoms. The minimum atomic E-state index is -1.34. The van der Waals surface area contributed by atoms with E-state index in [1.165, 1.54) is 72.4 Å². The van der Waals surface area contributed by atoms with Gasteiger partial charge in [0.2, 0.25) is 0 Å². The number of nitrogens with zero attached hydrogens (tertiary/aromatic N) is 3. The Kier molecular flexibility index (Phi) is 13.2. The van der Waals surface area contributed by atoms with E-state index >= 15 is 0 Å². The predicted molar refractivity (Wildman–Crippen MR) is 291 cm³/mol. The van der Waals surface area contributed by atoms with Gasteiger partial charge in [-0.2, -0.15) is 0 Å². The van der Waals surface area contributed by atoms with Crippen LogP contribution in [0.5, 0.6) is 0 Å². The van der Waals surface area contributed by atoms with Gasteiger partial charge in [0.05, 0.1) is 30.5 Å². The predicted octanol–water partition coefficient (Wildman–Crippen LogP) is 17.1. The van der Waals surface area contributed by atoms with E-state index in [-0.39, 0.29) is 43.2 Å². The molecule has 0 aliphatic carbocycles. The minimum Gasteiger partial charge on any atom is -0.501 e. The quantitative estimate of drug-likeness (QED) is 0.0907. The number of aromatic nitrogens is 3. The normalized spacial score (nSPS) is 12.1. The van der Waals surface area contributed by atoms with Crippen molar-refractivity contribution in [2.24, 2.45) is 0 Å². The summed E-state index contributed by atoms with van der Waals surface area (Å²) in [5.74, 6) is 1.11. The number of hydrogen-bond acceptors (Lipinski definition) is 3.